The summed E-state index contributed by atoms with van der Waals surface area (Å²) < 4.78 is 56.0. The number of halogens is 2. The van der Waals surface area contributed by atoms with E-state index in [0.29, 0.717) is 22.5 Å². The summed E-state index contributed by atoms with van der Waals surface area (Å²) in [5, 5.41) is 4.32. The molecule has 0 atom stereocenters. The van der Waals surface area contributed by atoms with E-state index in [-0.39, 0.29) is 36.3 Å². The highest BCUT2D eigenvalue weighted by molar-refractivity contribution is 7.89. The van der Waals surface area contributed by atoms with Gasteiger partial charge in [0, 0.05) is 13.1 Å². The number of methoxy groups -OCH3 is 1. The molecule has 1 aliphatic heterocycles. The average molecular weight is 454 g/mol. The molecule has 0 bridgehead atoms. The Labute approximate surface area is 177 Å². The van der Waals surface area contributed by atoms with E-state index in [0.717, 1.165) is 6.07 Å². The van der Waals surface area contributed by atoms with Crippen molar-refractivity contribution in [3.8, 4) is 11.5 Å². The molecule has 1 aromatic heterocycles. The van der Waals surface area contributed by atoms with E-state index < -0.39 is 15.8 Å². The molecule has 0 unspecified atom stereocenters. The second kappa shape index (κ2) is 8.21. The number of hydrogen-bond acceptors (Lipinski definition) is 7. The van der Waals surface area contributed by atoms with Crippen LogP contribution in [0.25, 0.3) is 0 Å². The summed E-state index contributed by atoms with van der Waals surface area (Å²) in [4.78, 5) is 4.12. The van der Waals surface area contributed by atoms with Gasteiger partial charge in [-0.25, -0.2) is 12.8 Å². The van der Waals surface area contributed by atoms with E-state index in [9.17, 15) is 12.8 Å². The lowest BCUT2D eigenvalue weighted by Gasteiger charge is -2.35. The second-order valence-corrected chi connectivity index (χ2v) is 8.93. The van der Waals surface area contributed by atoms with Gasteiger partial charge in [-0.2, -0.15) is 9.29 Å². The van der Waals surface area contributed by atoms with Gasteiger partial charge in [-0.15, -0.1) is 0 Å². The zero-order valence-electron chi connectivity index (χ0n) is 15.8. The molecule has 0 amide bonds. The Morgan fingerprint density at radius 2 is 2.00 bits per heavy atom. The number of sulfonamides is 1. The van der Waals surface area contributed by atoms with Crippen molar-refractivity contribution in [2.24, 2.45) is 0 Å². The van der Waals surface area contributed by atoms with Crippen LogP contribution in [0, 0.1) is 5.82 Å². The quantitative estimate of drug-likeness (QED) is 0.542. The fraction of sp³-hybridized carbons (Fsp3) is 0.263. The van der Waals surface area contributed by atoms with E-state index in [1.54, 1.807) is 24.3 Å². The van der Waals surface area contributed by atoms with E-state index in [1.165, 1.54) is 23.5 Å². The minimum atomic E-state index is -3.83. The topological polar surface area (TPSA) is 94.8 Å². The molecule has 0 saturated carbocycles. The molecule has 0 spiro atoms. The van der Waals surface area contributed by atoms with Crippen molar-refractivity contribution in [1.82, 2.24) is 14.4 Å². The highest BCUT2D eigenvalue weighted by atomic mass is 35.5. The molecule has 1 fully saturated rings. The lowest BCUT2D eigenvalue weighted by atomic mass is 10.0. The summed E-state index contributed by atoms with van der Waals surface area (Å²) in [7, 11) is -2.52. The number of rotatable bonds is 7. The van der Waals surface area contributed by atoms with Crippen LogP contribution in [0.1, 0.15) is 17.6 Å². The van der Waals surface area contributed by atoms with Gasteiger partial charge in [-0.3, -0.25) is 0 Å². The van der Waals surface area contributed by atoms with Crippen LogP contribution in [0.15, 0.2) is 51.9 Å². The SMILES string of the molecule is COc1ccc(S(=O)(=O)N2CC(c3nc(COc4ccccc4Cl)no3)C2)cc1F. The van der Waals surface area contributed by atoms with Gasteiger partial charge < -0.3 is 14.0 Å². The van der Waals surface area contributed by atoms with Crippen molar-refractivity contribution in [2.45, 2.75) is 17.4 Å². The minimum absolute atomic E-state index is 0.0205. The molecule has 0 aliphatic carbocycles. The van der Waals surface area contributed by atoms with Crippen LogP contribution in [-0.4, -0.2) is 43.1 Å². The predicted octanol–water partition coefficient (Wildman–Crippen LogP) is 3.24. The molecular formula is C19H17ClFN3O5S. The summed E-state index contributed by atoms with van der Waals surface area (Å²) in [6, 6.07) is 10.5. The van der Waals surface area contributed by atoms with Gasteiger partial charge in [0.25, 0.3) is 0 Å². The zero-order chi connectivity index (χ0) is 21.3. The van der Waals surface area contributed by atoms with Gasteiger partial charge in [0.15, 0.2) is 18.2 Å². The molecule has 3 aromatic rings. The molecule has 0 radical (unpaired) electrons. The minimum Gasteiger partial charge on any atom is -0.494 e. The number of benzene rings is 2. The van der Waals surface area contributed by atoms with Crippen LogP contribution in [0.4, 0.5) is 4.39 Å². The summed E-state index contributed by atoms with van der Waals surface area (Å²) in [6.45, 7) is 0.374. The van der Waals surface area contributed by atoms with Crippen LogP contribution in [0.3, 0.4) is 0 Å². The summed E-state index contributed by atoms with van der Waals surface area (Å²) >= 11 is 6.03. The lowest BCUT2D eigenvalue weighted by Crippen LogP contribution is -2.48. The second-order valence-electron chi connectivity index (χ2n) is 6.58. The van der Waals surface area contributed by atoms with E-state index in [1.807, 2.05) is 0 Å². The Hall–Kier alpha value is -2.69. The number of ether oxygens (including phenoxy) is 2. The van der Waals surface area contributed by atoms with Crippen molar-refractivity contribution in [2.75, 3.05) is 20.2 Å². The molecular weight excluding hydrogens is 437 g/mol. The van der Waals surface area contributed by atoms with Gasteiger partial charge in [-0.05, 0) is 30.3 Å². The maximum absolute atomic E-state index is 13.9. The Morgan fingerprint density at radius 3 is 2.70 bits per heavy atom. The van der Waals surface area contributed by atoms with Crippen LogP contribution < -0.4 is 9.47 Å². The molecule has 8 nitrogen and oxygen atoms in total. The summed E-state index contributed by atoms with van der Waals surface area (Å²) in [6.07, 6.45) is 0. The molecule has 2 aromatic carbocycles. The van der Waals surface area contributed by atoms with Gasteiger partial charge in [-0.1, -0.05) is 28.9 Å². The number of nitrogens with zero attached hydrogens (tertiary/aromatic N) is 3. The van der Waals surface area contributed by atoms with Crippen molar-refractivity contribution in [3.63, 3.8) is 0 Å². The lowest BCUT2D eigenvalue weighted by molar-refractivity contribution is 0.215. The number of aromatic nitrogens is 2. The first-order chi connectivity index (χ1) is 14.4. The molecule has 0 N–H and O–H groups in total. The van der Waals surface area contributed by atoms with Gasteiger partial charge >= 0.3 is 0 Å². The molecule has 11 heteroatoms. The Bertz CT molecular complexity index is 1160. The fourth-order valence-electron chi connectivity index (χ4n) is 2.94. The molecule has 1 saturated heterocycles. The normalized spacial score (nSPS) is 15.0. The monoisotopic (exact) mass is 453 g/mol. The van der Waals surface area contributed by atoms with Gasteiger partial charge in [0.2, 0.25) is 21.7 Å². The molecule has 1 aliphatic rings. The molecule has 158 valence electrons. The summed E-state index contributed by atoms with van der Waals surface area (Å²) in [5.41, 5.74) is 0. The average Bonchev–Trinajstić information content (AvgIpc) is 3.14. The third-order valence-corrected chi connectivity index (χ3v) is 6.78. The van der Waals surface area contributed by atoms with Crippen molar-refractivity contribution in [3.05, 3.63) is 65.0 Å². The Morgan fingerprint density at radius 1 is 1.23 bits per heavy atom. The predicted molar refractivity (Wildman–Crippen MR) is 105 cm³/mol. The molecule has 4 rings (SSSR count). The van der Waals surface area contributed by atoms with E-state index in [4.69, 9.17) is 25.6 Å². The van der Waals surface area contributed by atoms with Crippen LogP contribution in [0.2, 0.25) is 5.02 Å². The van der Waals surface area contributed by atoms with Crippen molar-refractivity contribution >= 4 is 21.6 Å². The Kier molecular flexibility index (Phi) is 5.63. The first-order valence-electron chi connectivity index (χ1n) is 8.92. The number of hydrogen-bond donors (Lipinski definition) is 0. The van der Waals surface area contributed by atoms with Crippen LogP contribution in [-0.2, 0) is 16.6 Å². The highest BCUT2D eigenvalue weighted by Crippen LogP contribution is 2.32. The Balaban J connectivity index is 1.37. The smallest absolute Gasteiger partial charge is 0.243 e. The largest absolute Gasteiger partial charge is 0.494 e. The summed E-state index contributed by atoms with van der Waals surface area (Å²) in [5.74, 6) is 0.134. The molecule has 2 heterocycles. The van der Waals surface area contributed by atoms with Crippen LogP contribution >= 0.6 is 11.6 Å². The van der Waals surface area contributed by atoms with Gasteiger partial charge in [0.05, 0.1) is 22.9 Å². The fourth-order valence-corrected chi connectivity index (χ4v) is 4.68. The highest BCUT2D eigenvalue weighted by Gasteiger charge is 2.40. The third-order valence-electron chi connectivity index (χ3n) is 4.64. The van der Waals surface area contributed by atoms with E-state index in [2.05, 4.69) is 10.1 Å². The maximum Gasteiger partial charge on any atom is 0.243 e. The first kappa shape index (κ1) is 20.6. The van der Waals surface area contributed by atoms with Gasteiger partial charge in [0.1, 0.15) is 5.75 Å². The molecule has 30 heavy (non-hydrogen) atoms. The van der Waals surface area contributed by atoms with Crippen LogP contribution in [0.5, 0.6) is 11.5 Å². The van der Waals surface area contributed by atoms with Crippen molar-refractivity contribution < 1.29 is 26.8 Å². The zero-order valence-corrected chi connectivity index (χ0v) is 17.4. The number of para-hydroxylation sites is 1. The maximum atomic E-state index is 13.9. The first-order valence-corrected chi connectivity index (χ1v) is 10.7. The van der Waals surface area contributed by atoms with E-state index >= 15 is 0 Å². The standard InChI is InChI=1S/C19H17ClFN3O5S/c1-27-17-7-6-13(8-15(17)21)30(25,26)24-9-12(10-24)19-22-18(23-29-19)11-28-16-5-3-2-4-14(16)20/h2-8,12H,9-11H2,1H3. The van der Waals surface area contributed by atoms with Crippen molar-refractivity contribution in [1.29, 1.82) is 0 Å². The third kappa shape index (κ3) is 3.98.